The van der Waals surface area contributed by atoms with Crippen molar-refractivity contribution in [3.8, 4) is 0 Å². The molecule has 1 aliphatic rings. The molecule has 0 spiro atoms. The van der Waals surface area contributed by atoms with Crippen LogP contribution in [0.5, 0.6) is 0 Å². The molecule has 1 saturated carbocycles. The molecule has 112 valence electrons. The summed E-state index contributed by atoms with van der Waals surface area (Å²) in [5, 5.41) is 11.9. The molecule has 20 heavy (non-hydrogen) atoms. The Kier molecular flexibility index (Phi) is 4.92. The predicted molar refractivity (Wildman–Crippen MR) is 83.7 cm³/mol. The van der Waals surface area contributed by atoms with Gasteiger partial charge in [-0.25, -0.2) is 4.79 Å². The summed E-state index contributed by atoms with van der Waals surface area (Å²) in [6.07, 6.45) is 1.62. The molecule has 0 aromatic carbocycles. The third-order valence-electron chi connectivity index (χ3n) is 3.75. The summed E-state index contributed by atoms with van der Waals surface area (Å²) in [6, 6.07) is 1.82. The topological polar surface area (TPSA) is 46.5 Å². The van der Waals surface area contributed by atoms with Gasteiger partial charge in [0.1, 0.15) is 6.10 Å². The van der Waals surface area contributed by atoms with E-state index in [0.717, 1.165) is 23.7 Å². The van der Waals surface area contributed by atoms with Crippen molar-refractivity contribution < 1.29 is 14.6 Å². The maximum atomic E-state index is 12.1. The molecule has 1 aromatic rings. The van der Waals surface area contributed by atoms with Crippen LogP contribution in [0.15, 0.2) is 15.9 Å². The van der Waals surface area contributed by atoms with E-state index in [1.807, 2.05) is 11.4 Å². The molecule has 5 heteroatoms. The number of hydrogen-bond acceptors (Lipinski definition) is 4. The fourth-order valence-electron chi connectivity index (χ4n) is 3.18. The normalized spacial score (nSPS) is 27.1. The van der Waals surface area contributed by atoms with E-state index in [-0.39, 0.29) is 11.5 Å². The molecule has 1 aliphatic carbocycles. The number of halogens is 1. The monoisotopic (exact) mass is 360 g/mol. The van der Waals surface area contributed by atoms with Crippen molar-refractivity contribution in [2.24, 2.45) is 11.3 Å². The highest BCUT2D eigenvalue weighted by Gasteiger charge is 2.35. The first-order chi connectivity index (χ1) is 9.28. The maximum absolute atomic E-state index is 12.1. The van der Waals surface area contributed by atoms with Crippen LogP contribution in [0.3, 0.4) is 0 Å². The zero-order valence-corrected chi connectivity index (χ0v) is 14.5. The zero-order valence-electron chi connectivity index (χ0n) is 12.1. The maximum Gasteiger partial charge on any atom is 0.340 e. The van der Waals surface area contributed by atoms with Crippen molar-refractivity contribution in [3.05, 3.63) is 20.8 Å². The largest absolute Gasteiger partial charge is 0.460 e. The van der Waals surface area contributed by atoms with E-state index in [2.05, 4.69) is 36.7 Å². The van der Waals surface area contributed by atoms with E-state index in [1.165, 1.54) is 11.3 Å². The first kappa shape index (κ1) is 16.0. The smallest absolute Gasteiger partial charge is 0.340 e. The van der Waals surface area contributed by atoms with Crippen LogP contribution >= 0.6 is 27.3 Å². The Labute approximate surface area is 132 Å². The van der Waals surface area contributed by atoms with Gasteiger partial charge in [-0.05, 0) is 58.0 Å². The summed E-state index contributed by atoms with van der Waals surface area (Å²) in [6.45, 7) is 6.60. The second kappa shape index (κ2) is 6.16. The lowest BCUT2D eigenvalue weighted by atomic mass is 9.71. The molecule has 3 nitrogen and oxygen atoms in total. The minimum absolute atomic E-state index is 0.0883. The van der Waals surface area contributed by atoms with Gasteiger partial charge in [0.2, 0.25) is 0 Å². The third-order valence-corrected chi connectivity index (χ3v) is 5.67. The van der Waals surface area contributed by atoms with Crippen LogP contribution in [0.1, 0.15) is 51.0 Å². The molecule has 0 saturated heterocycles. The zero-order chi connectivity index (χ0) is 14.9. The fourth-order valence-corrected chi connectivity index (χ4v) is 4.75. The number of thiophene rings is 1. The van der Waals surface area contributed by atoms with Crippen LogP contribution in [-0.2, 0) is 9.53 Å². The van der Waals surface area contributed by atoms with E-state index in [4.69, 9.17) is 4.74 Å². The van der Waals surface area contributed by atoms with Crippen molar-refractivity contribution in [3.63, 3.8) is 0 Å². The minimum atomic E-state index is -1.19. The number of esters is 1. The molecule has 1 fully saturated rings. The van der Waals surface area contributed by atoms with E-state index in [0.29, 0.717) is 10.8 Å². The molecule has 1 N–H and O–H groups in total. The van der Waals surface area contributed by atoms with Crippen molar-refractivity contribution >= 4 is 33.2 Å². The first-order valence-electron chi connectivity index (χ1n) is 6.90. The lowest BCUT2D eigenvalue weighted by Crippen LogP contribution is -2.35. The molecule has 3 atom stereocenters. The van der Waals surface area contributed by atoms with Gasteiger partial charge in [-0.15, -0.1) is 11.3 Å². The Balaban J connectivity index is 1.99. The lowest BCUT2D eigenvalue weighted by Gasteiger charge is -2.38. The van der Waals surface area contributed by atoms with E-state index >= 15 is 0 Å². The minimum Gasteiger partial charge on any atom is -0.460 e. The number of aliphatic hydroxyl groups excluding tert-OH is 1. The Morgan fingerprint density at radius 3 is 2.80 bits per heavy atom. The average molecular weight is 361 g/mol. The van der Waals surface area contributed by atoms with Crippen LogP contribution in [0.4, 0.5) is 0 Å². The van der Waals surface area contributed by atoms with Crippen molar-refractivity contribution in [2.45, 2.75) is 52.2 Å². The summed E-state index contributed by atoms with van der Waals surface area (Å²) >= 11 is 4.68. The molecule has 0 aliphatic heterocycles. The van der Waals surface area contributed by atoms with Gasteiger partial charge in [0.05, 0.1) is 4.88 Å². The lowest BCUT2D eigenvalue weighted by molar-refractivity contribution is -0.163. The Bertz CT molecular complexity index is 483. The van der Waals surface area contributed by atoms with Crippen LogP contribution in [0.25, 0.3) is 0 Å². The molecule has 0 radical (unpaired) electrons. The van der Waals surface area contributed by atoms with Crippen LogP contribution in [0, 0.1) is 11.3 Å². The van der Waals surface area contributed by atoms with Gasteiger partial charge in [0, 0.05) is 4.47 Å². The number of rotatable bonds is 3. The van der Waals surface area contributed by atoms with E-state index in [9.17, 15) is 9.90 Å². The average Bonchev–Trinajstić information content (AvgIpc) is 2.71. The molecular weight excluding hydrogens is 340 g/mol. The summed E-state index contributed by atoms with van der Waals surface area (Å²) in [7, 11) is 0. The van der Waals surface area contributed by atoms with Crippen molar-refractivity contribution in [1.82, 2.24) is 0 Å². The van der Waals surface area contributed by atoms with E-state index in [1.54, 1.807) is 0 Å². The summed E-state index contributed by atoms with van der Waals surface area (Å²) < 4.78 is 6.29. The van der Waals surface area contributed by atoms with Gasteiger partial charge in [-0.3, -0.25) is 0 Å². The van der Waals surface area contributed by atoms with Gasteiger partial charge in [-0.1, -0.05) is 20.8 Å². The van der Waals surface area contributed by atoms with Crippen molar-refractivity contribution in [1.29, 1.82) is 0 Å². The fraction of sp³-hybridized carbons (Fsp3) is 0.667. The highest BCUT2D eigenvalue weighted by molar-refractivity contribution is 9.10. The van der Waals surface area contributed by atoms with Crippen molar-refractivity contribution in [2.75, 3.05) is 0 Å². The predicted octanol–water partition coefficient (Wildman–Crippen LogP) is 4.30. The Morgan fingerprint density at radius 2 is 2.25 bits per heavy atom. The van der Waals surface area contributed by atoms with Gasteiger partial charge >= 0.3 is 5.97 Å². The molecular formula is C15H21BrO3S. The van der Waals surface area contributed by atoms with Crippen LogP contribution in [0.2, 0.25) is 0 Å². The summed E-state index contributed by atoms with van der Waals surface area (Å²) in [4.78, 5) is 12.7. The number of carbonyl (C=O) groups is 1. The van der Waals surface area contributed by atoms with Gasteiger partial charge in [0.25, 0.3) is 0 Å². The quantitative estimate of drug-likeness (QED) is 0.817. The summed E-state index contributed by atoms with van der Waals surface area (Å²) in [5.74, 6) is 0.00483. The number of hydrogen-bond donors (Lipinski definition) is 1. The molecule has 0 amide bonds. The number of aliphatic hydroxyl groups is 1. The van der Waals surface area contributed by atoms with Gasteiger partial charge < -0.3 is 9.84 Å². The Morgan fingerprint density at radius 1 is 1.55 bits per heavy atom. The molecule has 0 bridgehead atoms. The second-order valence-corrected chi connectivity index (χ2v) is 8.31. The highest BCUT2D eigenvalue weighted by Crippen LogP contribution is 2.40. The van der Waals surface area contributed by atoms with Crippen LogP contribution in [-0.4, -0.2) is 17.2 Å². The number of carbonyl (C=O) groups excluding carboxylic acids is 1. The molecule has 1 heterocycles. The van der Waals surface area contributed by atoms with Crippen LogP contribution < -0.4 is 0 Å². The summed E-state index contributed by atoms with van der Waals surface area (Å²) in [5.41, 5.74) is 0.192. The third kappa shape index (κ3) is 3.83. The van der Waals surface area contributed by atoms with E-state index < -0.39 is 12.1 Å². The molecule has 1 aromatic heterocycles. The highest BCUT2D eigenvalue weighted by atomic mass is 79.9. The molecule has 2 rings (SSSR count). The first-order valence-corrected chi connectivity index (χ1v) is 8.57. The number of ether oxygens (including phenoxy) is 1. The van der Waals surface area contributed by atoms with Gasteiger partial charge in [-0.2, -0.15) is 0 Å². The molecule has 3 unspecified atom stereocenters. The standard InChI is InChI=1S/C15H21BrO3S/c1-9-6-10(8-15(2,3)7-9)19-14(18)12(17)13-11(16)4-5-20-13/h4-5,9-10,12,17H,6-8H2,1-3H3. The second-order valence-electron chi connectivity index (χ2n) is 6.51. The Hall–Kier alpha value is -0.390. The SMILES string of the molecule is CC1CC(OC(=O)C(O)c2sccc2Br)CC(C)(C)C1. The van der Waals surface area contributed by atoms with Gasteiger partial charge in [0.15, 0.2) is 6.10 Å².